The Morgan fingerprint density at radius 2 is 1.89 bits per heavy atom. The molecule has 1 aliphatic heterocycles. The molecule has 0 saturated carbocycles. The Morgan fingerprint density at radius 3 is 2.63 bits per heavy atom. The quantitative estimate of drug-likeness (QED) is 0.786. The number of aromatic nitrogens is 1. The summed E-state index contributed by atoms with van der Waals surface area (Å²) >= 11 is 6.29. The number of halogens is 1. The summed E-state index contributed by atoms with van der Waals surface area (Å²) in [5.41, 5.74) is 0. The van der Waals surface area contributed by atoms with Crippen LogP contribution >= 0.6 is 11.6 Å². The molecule has 2 heterocycles. The van der Waals surface area contributed by atoms with E-state index in [-0.39, 0.29) is 0 Å². The molecule has 3 rings (SSSR count). The Balaban J connectivity index is 1.89. The van der Waals surface area contributed by atoms with E-state index in [1.807, 2.05) is 18.2 Å². The molecule has 1 aromatic carbocycles. The van der Waals surface area contributed by atoms with Crippen LogP contribution in [0.1, 0.15) is 6.92 Å². The molecule has 1 fully saturated rings. The lowest BCUT2D eigenvalue weighted by Gasteiger charge is -2.34. The van der Waals surface area contributed by atoms with Crippen LogP contribution in [0.4, 0.5) is 5.82 Å². The van der Waals surface area contributed by atoms with E-state index < -0.39 is 0 Å². The molecule has 4 heteroatoms. The number of hydrogen-bond donors (Lipinski definition) is 0. The number of fused-ring (bicyclic) bond motifs is 1. The van der Waals surface area contributed by atoms with E-state index in [0.717, 1.165) is 49.3 Å². The van der Waals surface area contributed by atoms with E-state index >= 15 is 0 Å². The molecule has 2 aromatic rings. The van der Waals surface area contributed by atoms with E-state index in [1.165, 1.54) is 0 Å². The molecule has 100 valence electrons. The third kappa shape index (κ3) is 2.53. The van der Waals surface area contributed by atoms with Crippen molar-refractivity contribution in [3.8, 4) is 0 Å². The molecule has 1 saturated heterocycles. The van der Waals surface area contributed by atoms with Gasteiger partial charge in [0.2, 0.25) is 0 Å². The van der Waals surface area contributed by atoms with Crippen molar-refractivity contribution in [3.63, 3.8) is 0 Å². The Morgan fingerprint density at radius 1 is 1.16 bits per heavy atom. The van der Waals surface area contributed by atoms with Crippen LogP contribution in [0.3, 0.4) is 0 Å². The molecule has 1 aromatic heterocycles. The van der Waals surface area contributed by atoms with Crippen molar-refractivity contribution in [2.24, 2.45) is 0 Å². The largest absolute Gasteiger partial charge is 0.354 e. The van der Waals surface area contributed by atoms with Gasteiger partial charge in [-0.15, -0.1) is 0 Å². The third-order valence-electron chi connectivity index (χ3n) is 3.82. The molecular weight excluding hydrogens is 258 g/mol. The van der Waals surface area contributed by atoms with Gasteiger partial charge in [-0.2, -0.15) is 0 Å². The van der Waals surface area contributed by atoms with Crippen LogP contribution in [0.25, 0.3) is 10.8 Å². The molecule has 0 spiro atoms. The van der Waals surface area contributed by atoms with Gasteiger partial charge >= 0.3 is 0 Å². The second-order valence-electron chi connectivity index (χ2n) is 4.91. The van der Waals surface area contributed by atoms with Crippen molar-refractivity contribution in [2.75, 3.05) is 37.6 Å². The van der Waals surface area contributed by atoms with Gasteiger partial charge in [0.15, 0.2) is 0 Å². The Kier molecular flexibility index (Phi) is 3.58. The number of piperazine rings is 1. The van der Waals surface area contributed by atoms with Gasteiger partial charge in [-0.1, -0.05) is 42.8 Å². The van der Waals surface area contributed by atoms with Crippen LogP contribution in [0.5, 0.6) is 0 Å². The van der Waals surface area contributed by atoms with Gasteiger partial charge in [0.05, 0.1) is 0 Å². The molecular formula is C15H18ClN3. The average molecular weight is 276 g/mol. The molecule has 0 aliphatic carbocycles. The third-order valence-corrected chi connectivity index (χ3v) is 4.11. The zero-order valence-corrected chi connectivity index (χ0v) is 11.9. The maximum Gasteiger partial charge on any atom is 0.139 e. The molecule has 0 N–H and O–H groups in total. The van der Waals surface area contributed by atoms with Crippen molar-refractivity contribution >= 4 is 28.2 Å². The summed E-state index contributed by atoms with van der Waals surface area (Å²) in [7, 11) is 0. The van der Waals surface area contributed by atoms with E-state index in [0.29, 0.717) is 5.15 Å². The molecule has 19 heavy (non-hydrogen) atoms. The van der Waals surface area contributed by atoms with Crippen LogP contribution in [0.15, 0.2) is 30.3 Å². The summed E-state index contributed by atoms with van der Waals surface area (Å²) in [6.45, 7) is 7.58. The van der Waals surface area contributed by atoms with Gasteiger partial charge in [-0.25, -0.2) is 4.98 Å². The van der Waals surface area contributed by atoms with Crippen LogP contribution in [-0.4, -0.2) is 42.6 Å². The molecule has 0 bridgehead atoms. The van der Waals surface area contributed by atoms with Gasteiger partial charge in [-0.3, -0.25) is 0 Å². The number of pyridine rings is 1. The molecule has 0 unspecified atom stereocenters. The highest BCUT2D eigenvalue weighted by Gasteiger charge is 2.17. The lowest BCUT2D eigenvalue weighted by Crippen LogP contribution is -2.46. The fourth-order valence-electron chi connectivity index (χ4n) is 2.60. The first-order valence-corrected chi connectivity index (χ1v) is 7.18. The summed E-state index contributed by atoms with van der Waals surface area (Å²) in [5, 5.41) is 2.79. The zero-order chi connectivity index (χ0) is 13.2. The van der Waals surface area contributed by atoms with Gasteiger partial charge in [0.1, 0.15) is 11.0 Å². The van der Waals surface area contributed by atoms with Crippen molar-refractivity contribution in [1.29, 1.82) is 0 Å². The minimum Gasteiger partial charge on any atom is -0.354 e. The Labute approximate surface area is 118 Å². The normalized spacial score (nSPS) is 17.1. The summed E-state index contributed by atoms with van der Waals surface area (Å²) in [4.78, 5) is 9.33. The molecule has 0 radical (unpaired) electrons. The van der Waals surface area contributed by atoms with E-state index in [2.05, 4.69) is 33.8 Å². The number of anilines is 1. The monoisotopic (exact) mass is 275 g/mol. The summed E-state index contributed by atoms with van der Waals surface area (Å²) in [5.74, 6) is 0.999. The second kappa shape index (κ2) is 5.35. The van der Waals surface area contributed by atoms with Gasteiger partial charge in [-0.05, 0) is 18.0 Å². The van der Waals surface area contributed by atoms with Crippen LogP contribution < -0.4 is 4.90 Å². The maximum absolute atomic E-state index is 6.29. The van der Waals surface area contributed by atoms with Gasteiger partial charge in [0, 0.05) is 31.6 Å². The standard InChI is InChI=1S/C15H18ClN3/c1-2-18-7-9-19(10-8-18)14-11-12-5-3-4-6-13(12)15(16)17-14/h3-6,11H,2,7-10H2,1H3. The van der Waals surface area contributed by atoms with Crippen LogP contribution in [0, 0.1) is 0 Å². The molecule has 1 aliphatic rings. The maximum atomic E-state index is 6.29. The molecule has 3 nitrogen and oxygen atoms in total. The number of nitrogens with zero attached hydrogens (tertiary/aromatic N) is 3. The summed E-state index contributed by atoms with van der Waals surface area (Å²) < 4.78 is 0. The van der Waals surface area contributed by atoms with Gasteiger partial charge < -0.3 is 9.80 Å². The SMILES string of the molecule is CCN1CCN(c2cc3ccccc3c(Cl)n2)CC1. The van der Waals surface area contributed by atoms with Crippen molar-refractivity contribution < 1.29 is 0 Å². The van der Waals surface area contributed by atoms with Crippen LogP contribution in [-0.2, 0) is 0 Å². The number of hydrogen-bond acceptors (Lipinski definition) is 3. The lowest BCUT2D eigenvalue weighted by atomic mass is 10.1. The number of likely N-dealkylation sites (N-methyl/N-ethyl adjacent to an activating group) is 1. The van der Waals surface area contributed by atoms with E-state index in [9.17, 15) is 0 Å². The zero-order valence-electron chi connectivity index (χ0n) is 11.1. The van der Waals surface area contributed by atoms with Crippen molar-refractivity contribution in [1.82, 2.24) is 9.88 Å². The molecule has 0 atom stereocenters. The molecule has 0 amide bonds. The van der Waals surface area contributed by atoms with Crippen molar-refractivity contribution in [3.05, 3.63) is 35.5 Å². The fourth-order valence-corrected chi connectivity index (χ4v) is 2.86. The lowest BCUT2D eigenvalue weighted by molar-refractivity contribution is 0.270. The minimum atomic E-state index is 0.603. The number of rotatable bonds is 2. The van der Waals surface area contributed by atoms with Gasteiger partial charge in [0.25, 0.3) is 0 Å². The first-order chi connectivity index (χ1) is 9.28. The second-order valence-corrected chi connectivity index (χ2v) is 5.27. The Bertz CT molecular complexity index is 577. The highest BCUT2D eigenvalue weighted by atomic mass is 35.5. The first kappa shape index (κ1) is 12.7. The highest BCUT2D eigenvalue weighted by molar-refractivity contribution is 6.34. The smallest absolute Gasteiger partial charge is 0.139 e. The number of benzene rings is 1. The summed E-state index contributed by atoms with van der Waals surface area (Å²) in [6.07, 6.45) is 0. The average Bonchev–Trinajstić information content (AvgIpc) is 2.47. The van der Waals surface area contributed by atoms with Crippen molar-refractivity contribution in [2.45, 2.75) is 6.92 Å². The topological polar surface area (TPSA) is 19.4 Å². The van der Waals surface area contributed by atoms with E-state index in [1.54, 1.807) is 0 Å². The Hall–Kier alpha value is -1.32. The van der Waals surface area contributed by atoms with Crippen LogP contribution in [0.2, 0.25) is 5.15 Å². The van der Waals surface area contributed by atoms with E-state index in [4.69, 9.17) is 11.6 Å². The first-order valence-electron chi connectivity index (χ1n) is 6.80. The minimum absolute atomic E-state index is 0.603. The predicted molar refractivity (Wildman–Crippen MR) is 81.1 cm³/mol. The highest BCUT2D eigenvalue weighted by Crippen LogP contribution is 2.26. The fraction of sp³-hybridized carbons (Fsp3) is 0.400. The summed E-state index contributed by atoms with van der Waals surface area (Å²) in [6, 6.07) is 10.3. The predicted octanol–water partition coefficient (Wildman–Crippen LogP) is 3.03.